The highest BCUT2D eigenvalue weighted by Gasteiger charge is 2.10. The lowest BCUT2D eigenvalue weighted by atomic mass is 10.2. The van der Waals surface area contributed by atoms with Crippen LogP contribution in [0, 0.1) is 0 Å². The van der Waals surface area contributed by atoms with E-state index in [1.807, 2.05) is 29.1 Å². The molecule has 0 aliphatic rings. The van der Waals surface area contributed by atoms with E-state index in [1.54, 1.807) is 18.3 Å². The number of aromatic nitrogens is 4. The fraction of sp³-hybridized carbons (Fsp3) is 0.294. The SMILES string of the molecule is O=C(CCc1nc(-c2ccc(Cl)cc2)no1)NCCCn1cccn1. The number of carbonyl (C=O) groups is 1. The predicted octanol–water partition coefficient (Wildman–Crippen LogP) is 2.73. The van der Waals surface area contributed by atoms with Crippen LogP contribution in [0.25, 0.3) is 11.4 Å². The van der Waals surface area contributed by atoms with Gasteiger partial charge in [-0.1, -0.05) is 16.8 Å². The molecule has 7 nitrogen and oxygen atoms in total. The Balaban J connectivity index is 1.39. The molecule has 2 aromatic heterocycles. The van der Waals surface area contributed by atoms with Gasteiger partial charge in [-0.05, 0) is 36.8 Å². The van der Waals surface area contributed by atoms with E-state index in [0.29, 0.717) is 36.1 Å². The van der Waals surface area contributed by atoms with Crippen LogP contribution in [-0.2, 0) is 17.8 Å². The maximum atomic E-state index is 11.9. The molecular formula is C17H18ClN5O2. The Morgan fingerprint density at radius 1 is 1.28 bits per heavy atom. The molecule has 0 radical (unpaired) electrons. The van der Waals surface area contributed by atoms with Crippen LogP contribution in [0.5, 0.6) is 0 Å². The molecule has 1 amide bonds. The molecule has 2 heterocycles. The van der Waals surface area contributed by atoms with E-state index in [2.05, 4.69) is 20.6 Å². The molecule has 3 aromatic rings. The molecule has 0 unspecified atom stereocenters. The van der Waals surface area contributed by atoms with Crippen LogP contribution in [0.4, 0.5) is 0 Å². The molecule has 3 rings (SSSR count). The van der Waals surface area contributed by atoms with E-state index in [9.17, 15) is 4.79 Å². The minimum Gasteiger partial charge on any atom is -0.356 e. The van der Waals surface area contributed by atoms with Gasteiger partial charge in [0.2, 0.25) is 17.6 Å². The summed E-state index contributed by atoms with van der Waals surface area (Å²) in [5.74, 6) is 0.898. The van der Waals surface area contributed by atoms with Gasteiger partial charge in [-0.15, -0.1) is 0 Å². The molecule has 0 aliphatic heterocycles. The molecule has 1 aromatic carbocycles. The van der Waals surface area contributed by atoms with Crippen molar-refractivity contribution in [2.45, 2.75) is 25.8 Å². The average molecular weight is 360 g/mol. The van der Waals surface area contributed by atoms with Gasteiger partial charge < -0.3 is 9.84 Å². The number of hydrogen-bond donors (Lipinski definition) is 1. The Morgan fingerprint density at radius 3 is 2.88 bits per heavy atom. The van der Waals surface area contributed by atoms with Crippen LogP contribution in [0.1, 0.15) is 18.7 Å². The molecule has 0 saturated heterocycles. The highest BCUT2D eigenvalue weighted by atomic mass is 35.5. The number of amides is 1. The average Bonchev–Trinajstić information content (AvgIpc) is 3.29. The third kappa shape index (κ3) is 5.15. The molecule has 0 spiro atoms. The first-order chi connectivity index (χ1) is 12.2. The van der Waals surface area contributed by atoms with Crippen LogP contribution in [0.15, 0.2) is 47.2 Å². The molecule has 130 valence electrons. The van der Waals surface area contributed by atoms with E-state index < -0.39 is 0 Å². The van der Waals surface area contributed by atoms with Gasteiger partial charge in [0.05, 0.1) is 0 Å². The first kappa shape index (κ1) is 17.2. The minimum absolute atomic E-state index is 0.0355. The van der Waals surface area contributed by atoms with Gasteiger partial charge in [-0.2, -0.15) is 10.1 Å². The highest BCUT2D eigenvalue weighted by Crippen LogP contribution is 2.18. The molecule has 0 aliphatic carbocycles. The molecule has 0 bridgehead atoms. The summed E-state index contributed by atoms with van der Waals surface area (Å²) in [7, 11) is 0. The number of benzene rings is 1. The Hall–Kier alpha value is -2.67. The van der Waals surface area contributed by atoms with Gasteiger partial charge in [0.25, 0.3) is 0 Å². The van der Waals surface area contributed by atoms with Crippen molar-refractivity contribution in [3.8, 4) is 11.4 Å². The van der Waals surface area contributed by atoms with E-state index in [4.69, 9.17) is 16.1 Å². The zero-order valence-corrected chi connectivity index (χ0v) is 14.3. The summed E-state index contributed by atoms with van der Waals surface area (Å²) < 4.78 is 7.02. The van der Waals surface area contributed by atoms with Crippen molar-refractivity contribution in [2.75, 3.05) is 6.54 Å². The normalized spacial score (nSPS) is 10.8. The summed E-state index contributed by atoms with van der Waals surface area (Å²) in [6, 6.07) is 9.06. The molecule has 25 heavy (non-hydrogen) atoms. The van der Waals surface area contributed by atoms with Gasteiger partial charge in [0.1, 0.15) is 0 Å². The largest absolute Gasteiger partial charge is 0.356 e. The number of nitrogens with zero attached hydrogens (tertiary/aromatic N) is 4. The maximum Gasteiger partial charge on any atom is 0.227 e. The molecule has 1 N–H and O–H groups in total. The second-order valence-corrected chi connectivity index (χ2v) is 5.93. The lowest BCUT2D eigenvalue weighted by Gasteiger charge is -2.04. The maximum absolute atomic E-state index is 11.9. The van der Waals surface area contributed by atoms with Crippen LogP contribution in [0.3, 0.4) is 0 Å². The summed E-state index contributed by atoms with van der Waals surface area (Å²) in [5, 5.41) is 11.6. The summed E-state index contributed by atoms with van der Waals surface area (Å²) in [6.07, 6.45) is 5.18. The van der Waals surface area contributed by atoms with Crippen LogP contribution in [-0.4, -0.2) is 32.4 Å². The van der Waals surface area contributed by atoms with E-state index in [0.717, 1.165) is 18.5 Å². The number of rotatable bonds is 8. The predicted molar refractivity (Wildman–Crippen MR) is 92.9 cm³/mol. The van der Waals surface area contributed by atoms with Crippen molar-refractivity contribution in [3.05, 3.63) is 53.6 Å². The standard InChI is InChI=1S/C17H18ClN5O2/c18-14-5-3-13(4-6-14)17-21-16(25-22-17)8-7-15(24)19-9-1-11-23-12-2-10-20-23/h2-6,10,12H,1,7-9,11H2,(H,19,24). The summed E-state index contributed by atoms with van der Waals surface area (Å²) in [4.78, 5) is 16.2. The van der Waals surface area contributed by atoms with E-state index in [1.165, 1.54) is 0 Å². The van der Waals surface area contributed by atoms with Crippen LogP contribution in [0.2, 0.25) is 5.02 Å². The lowest BCUT2D eigenvalue weighted by molar-refractivity contribution is -0.121. The third-order valence-electron chi connectivity index (χ3n) is 3.58. The highest BCUT2D eigenvalue weighted by molar-refractivity contribution is 6.30. The third-order valence-corrected chi connectivity index (χ3v) is 3.83. The lowest BCUT2D eigenvalue weighted by Crippen LogP contribution is -2.25. The van der Waals surface area contributed by atoms with E-state index in [-0.39, 0.29) is 5.91 Å². The molecular weight excluding hydrogens is 342 g/mol. The first-order valence-electron chi connectivity index (χ1n) is 8.03. The van der Waals surface area contributed by atoms with Crippen molar-refractivity contribution in [1.82, 2.24) is 25.2 Å². The second kappa shape index (κ2) is 8.43. The van der Waals surface area contributed by atoms with Crippen LogP contribution >= 0.6 is 11.6 Å². The van der Waals surface area contributed by atoms with Gasteiger partial charge in [0.15, 0.2) is 0 Å². The number of nitrogens with one attached hydrogen (secondary N) is 1. The van der Waals surface area contributed by atoms with Crippen molar-refractivity contribution in [2.24, 2.45) is 0 Å². The number of halogens is 1. The summed E-state index contributed by atoms with van der Waals surface area (Å²) >= 11 is 5.86. The topological polar surface area (TPSA) is 85.8 Å². The van der Waals surface area contributed by atoms with Crippen LogP contribution < -0.4 is 5.32 Å². The zero-order valence-electron chi connectivity index (χ0n) is 13.6. The van der Waals surface area contributed by atoms with Gasteiger partial charge in [0, 0.05) is 48.9 Å². The Labute approximate surface area is 150 Å². The molecule has 0 saturated carbocycles. The monoisotopic (exact) mass is 359 g/mol. The Kier molecular flexibility index (Phi) is 5.79. The second-order valence-electron chi connectivity index (χ2n) is 5.49. The minimum atomic E-state index is -0.0355. The quantitative estimate of drug-likeness (QED) is 0.625. The smallest absolute Gasteiger partial charge is 0.227 e. The van der Waals surface area contributed by atoms with Gasteiger partial charge in [-0.3, -0.25) is 9.48 Å². The number of hydrogen-bond acceptors (Lipinski definition) is 5. The van der Waals surface area contributed by atoms with Crippen molar-refractivity contribution in [1.29, 1.82) is 0 Å². The first-order valence-corrected chi connectivity index (χ1v) is 8.41. The Morgan fingerprint density at radius 2 is 2.12 bits per heavy atom. The Bertz CT molecular complexity index is 799. The fourth-order valence-corrected chi connectivity index (χ4v) is 2.41. The number of aryl methyl sites for hydroxylation is 2. The summed E-state index contributed by atoms with van der Waals surface area (Å²) in [6.45, 7) is 1.39. The van der Waals surface area contributed by atoms with Crippen molar-refractivity contribution in [3.63, 3.8) is 0 Å². The zero-order chi connectivity index (χ0) is 17.5. The van der Waals surface area contributed by atoms with Gasteiger partial charge in [-0.25, -0.2) is 0 Å². The molecule has 0 atom stereocenters. The van der Waals surface area contributed by atoms with E-state index >= 15 is 0 Å². The summed E-state index contributed by atoms with van der Waals surface area (Å²) in [5.41, 5.74) is 0.822. The molecule has 0 fully saturated rings. The number of carbonyl (C=O) groups excluding carboxylic acids is 1. The molecule has 8 heteroatoms. The van der Waals surface area contributed by atoms with Crippen molar-refractivity contribution >= 4 is 17.5 Å². The fourth-order valence-electron chi connectivity index (χ4n) is 2.28. The van der Waals surface area contributed by atoms with Crippen molar-refractivity contribution < 1.29 is 9.32 Å². The van der Waals surface area contributed by atoms with Gasteiger partial charge >= 0.3 is 0 Å².